The molecule has 2 aromatic rings. The maximum Gasteiger partial charge on any atom is 0.214 e. The Labute approximate surface area is 117 Å². The molecular weight excluding hydrogens is 321 g/mol. The van der Waals surface area contributed by atoms with Crippen LogP contribution in [-0.4, -0.2) is 10.8 Å². The molecule has 0 atom stereocenters. The van der Waals surface area contributed by atoms with E-state index in [-0.39, 0.29) is 16.3 Å². The summed E-state index contributed by atoms with van der Waals surface area (Å²) in [6, 6.07) is 7.94. The fourth-order valence-electron chi connectivity index (χ4n) is 1.51. The predicted molar refractivity (Wildman–Crippen MR) is 71.5 cm³/mol. The highest BCUT2D eigenvalue weighted by atomic mass is 79.9. The molecule has 5 heteroatoms. The summed E-state index contributed by atoms with van der Waals surface area (Å²) < 4.78 is 14.3. The highest BCUT2D eigenvalue weighted by Gasteiger charge is 2.18. The lowest BCUT2D eigenvalue weighted by atomic mass is 10.1. The minimum absolute atomic E-state index is 0.0821. The largest absolute Gasteiger partial charge is 0.287 e. The van der Waals surface area contributed by atoms with Gasteiger partial charge < -0.3 is 0 Å². The van der Waals surface area contributed by atoms with Crippen molar-refractivity contribution >= 4 is 33.3 Å². The number of carbonyl (C=O) groups is 1. The third-order valence-corrected chi connectivity index (χ3v) is 3.66. The Kier molecular flexibility index (Phi) is 3.78. The summed E-state index contributed by atoms with van der Waals surface area (Å²) >= 11 is 8.85. The molecular formula is C13H8BrClFNO. The summed E-state index contributed by atoms with van der Waals surface area (Å²) in [5.74, 6) is -1.22. The molecule has 0 saturated carbocycles. The van der Waals surface area contributed by atoms with Gasteiger partial charge in [-0.15, -0.1) is 0 Å². The fourth-order valence-corrected chi connectivity index (χ4v) is 1.98. The molecule has 0 amide bonds. The molecule has 0 bridgehead atoms. The lowest BCUT2D eigenvalue weighted by molar-refractivity contribution is 0.103. The second-order valence-electron chi connectivity index (χ2n) is 3.72. The highest BCUT2D eigenvalue weighted by Crippen LogP contribution is 2.28. The Morgan fingerprint density at radius 1 is 1.33 bits per heavy atom. The first-order valence-electron chi connectivity index (χ1n) is 5.12. The summed E-state index contributed by atoms with van der Waals surface area (Å²) in [5.41, 5.74) is 0.818. The van der Waals surface area contributed by atoms with Crippen LogP contribution in [0.2, 0.25) is 5.02 Å². The van der Waals surface area contributed by atoms with Crippen molar-refractivity contribution in [3.05, 3.63) is 62.6 Å². The van der Waals surface area contributed by atoms with Crippen molar-refractivity contribution in [2.24, 2.45) is 0 Å². The van der Waals surface area contributed by atoms with E-state index in [1.807, 2.05) is 0 Å². The first kappa shape index (κ1) is 13.2. The van der Waals surface area contributed by atoms with Gasteiger partial charge >= 0.3 is 0 Å². The zero-order chi connectivity index (χ0) is 13.3. The molecule has 0 aliphatic rings. The van der Waals surface area contributed by atoms with Gasteiger partial charge in [-0.3, -0.25) is 4.79 Å². The van der Waals surface area contributed by atoms with Gasteiger partial charge in [0.05, 0.1) is 10.6 Å². The Bertz CT molecular complexity index is 630. The van der Waals surface area contributed by atoms with E-state index in [0.29, 0.717) is 10.2 Å². The van der Waals surface area contributed by atoms with Crippen LogP contribution in [0.15, 0.2) is 34.8 Å². The molecule has 92 valence electrons. The lowest BCUT2D eigenvalue weighted by Gasteiger charge is -2.05. The molecule has 18 heavy (non-hydrogen) atoms. The summed E-state index contributed by atoms with van der Waals surface area (Å²) in [7, 11) is 0. The van der Waals surface area contributed by atoms with Gasteiger partial charge in [0.1, 0.15) is 5.69 Å². The third kappa shape index (κ3) is 2.44. The Morgan fingerprint density at radius 3 is 2.72 bits per heavy atom. The van der Waals surface area contributed by atoms with Crippen molar-refractivity contribution in [1.82, 2.24) is 4.98 Å². The van der Waals surface area contributed by atoms with E-state index in [1.165, 1.54) is 12.1 Å². The summed E-state index contributed by atoms with van der Waals surface area (Å²) in [5, 5.41) is -0.103. The minimum atomic E-state index is -0.737. The summed E-state index contributed by atoms with van der Waals surface area (Å²) in [6.07, 6.45) is 0. The Morgan fingerprint density at radius 2 is 2.06 bits per heavy atom. The fraction of sp³-hybridized carbons (Fsp3) is 0.0769. The van der Waals surface area contributed by atoms with E-state index in [0.717, 1.165) is 0 Å². The number of halogens is 3. The number of ketones is 1. The average molecular weight is 329 g/mol. The number of nitrogens with zero attached hydrogens (tertiary/aromatic N) is 1. The smallest absolute Gasteiger partial charge is 0.214 e. The molecule has 2 rings (SSSR count). The van der Waals surface area contributed by atoms with Gasteiger partial charge in [0, 0.05) is 10.2 Å². The van der Waals surface area contributed by atoms with E-state index in [2.05, 4.69) is 20.9 Å². The van der Waals surface area contributed by atoms with Crippen LogP contribution >= 0.6 is 27.5 Å². The minimum Gasteiger partial charge on any atom is -0.287 e. The van der Waals surface area contributed by atoms with Gasteiger partial charge in [-0.2, -0.15) is 0 Å². The van der Waals surface area contributed by atoms with Crippen molar-refractivity contribution in [1.29, 1.82) is 0 Å². The zero-order valence-electron chi connectivity index (χ0n) is 9.38. The molecule has 0 saturated heterocycles. The van der Waals surface area contributed by atoms with Crippen LogP contribution in [0, 0.1) is 12.7 Å². The normalized spacial score (nSPS) is 10.4. The predicted octanol–water partition coefficient (Wildman–Crippen LogP) is 4.18. The van der Waals surface area contributed by atoms with Gasteiger partial charge in [0.15, 0.2) is 5.82 Å². The number of carbonyl (C=O) groups excluding carboxylic acids is 1. The van der Waals surface area contributed by atoms with Gasteiger partial charge in [0.25, 0.3) is 0 Å². The quantitative estimate of drug-likeness (QED) is 0.611. The van der Waals surface area contributed by atoms with Crippen LogP contribution in [0.5, 0.6) is 0 Å². The van der Waals surface area contributed by atoms with Crippen molar-refractivity contribution in [3.8, 4) is 0 Å². The van der Waals surface area contributed by atoms with Crippen molar-refractivity contribution in [3.63, 3.8) is 0 Å². The number of pyridine rings is 1. The van der Waals surface area contributed by atoms with E-state index in [9.17, 15) is 9.18 Å². The monoisotopic (exact) mass is 327 g/mol. The summed E-state index contributed by atoms with van der Waals surface area (Å²) in [4.78, 5) is 16.2. The van der Waals surface area contributed by atoms with E-state index in [4.69, 9.17) is 11.6 Å². The number of aryl methyl sites for hydroxylation is 1. The molecule has 0 N–H and O–H groups in total. The Hall–Kier alpha value is -1.26. The van der Waals surface area contributed by atoms with E-state index in [1.54, 1.807) is 25.1 Å². The number of benzene rings is 1. The molecule has 0 radical (unpaired) electrons. The molecule has 1 aromatic heterocycles. The molecule has 0 spiro atoms. The maximum absolute atomic E-state index is 13.9. The number of hydrogen-bond donors (Lipinski definition) is 0. The van der Waals surface area contributed by atoms with Crippen molar-refractivity contribution < 1.29 is 9.18 Å². The summed E-state index contributed by atoms with van der Waals surface area (Å²) in [6.45, 7) is 1.77. The number of rotatable bonds is 2. The second-order valence-corrected chi connectivity index (χ2v) is 4.95. The molecule has 0 fully saturated rings. The Balaban J connectivity index is 2.50. The first-order chi connectivity index (χ1) is 8.50. The highest BCUT2D eigenvalue weighted by molar-refractivity contribution is 9.10. The van der Waals surface area contributed by atoms with Gasteiger partial charge in [-0.05, 0) is 47.1 Å². The SMILES string of the molecule is Cc1cccc(C(=O)c2ccc(Br)c(Cl)c2F)n1. The van der Waals surface area contributed by atoms with Crippen LogP contribution in [-0.2, 0) is 0 Å². The maximum atomic E-state index is 13.9. The van der Waals surface area contributed by atoms with Crippen LogP contribution in [0.4, 0.5) is 4.39 Å². The first-order valence-corrected chi connectivity index (χ1v) is 6.29. The second kappa shape index (κ2) is 5.16. The average Bonchev–Trinajstić information content (AvgIpc) is 2.35. The topological polar surface area (TPSA) is 30.0 Å². The number of hydrogen-bond acceptors (Lipinski definition) is 2. The molecule has 1 heterocycles. The molecule has 0 unspecified atom stereocenters. The van der Waals surface area contributed by atoms with E-state index >= 15 is 0 Å². The van der Waals surface area contributed by atoms with E-state index < -0.39 is 11.6 Å². The molecule has 2 nitrogen and oxygen atoms in total. The standard InChI is InChI=1S/C13H8BrClFNO/c1-7-3-2-4-10(17-7)13(18)8-5-6-9(14)11(15)12(8)16/h2-6H,1H3. The lowest BCUT2D eigenvalue weighted by Crippen LogP contribution is -2.07. The van der Waals surface area contributed by atoms with Crippen LogP contribution < -0.4 is 0 Å². The van der Waals surface area contributed by atoms with Gasteiger partial charge in [-0.1, -0.05) is 17.7 Å². The van der Waals surface area contributed by atoms with Crippen LogP contribution in [0.1, 0.15) is 21.7 Å². The van der Waals surface area contributed by atoms with Crippen LogP contribution in [0.25, 0.3) is 0 Å². The van der Waals surface area contributed by atoms with Crippen LogP contribution in [0.3, 0.4) is 0 Å². The number of aromatic nitrogens is 1. The van der Waals surface area contributed by atoms with Crippen molar-refractivity contribution in [2.75, 3.05) is 0 Å². The third-order valence-electron chi connectivity index (χ3n) is 2.40. The molecule has 1 aromatic carbocycles. The van der Waals surface area contributed by atoms with Gasteiger partial charge in [-0.25, -0.2) is 9.37 Å². The van der Waals surface area contributed by atoms with Gasteiger partial charge in [0.2, 0.25) is 5.78 Å². The molecule has 0 aliphatic heterocycles. The zero-order valence-corrected chi connectivity index (χ0v) is 11.7. The van der Waals surface area contributed by atoms with Crippen molar-refractivity contribution in [2.45, 2.75) is 6.92 Å². The molecule has 0 aliphatic carbocycles.